The third-order valence-electron chi connectivity index (χ3n) is 6.37. The zero-order valence-electron chi connectivity index (χ0n) is 18.9. The lowest BCUT2D eigenvalue weighted by atomic mass is 10.0. The molecular formula is C24H29FN2O2SSi. The number of thiazole rings is 1. The summed E-state index contributed by atoms with van der Waals surface area (Å²) in [6.07, 6.45) is -0.697. The number of hydrogen-bond donors (Lipinski definition) is 1. The Balaban J connectivity index is 1.61. The minimum atomic E-state index is -1.93. The number of alkyl halides is 1. The van der Waals surface area contributed by atoms with Gasteiger partial charge < -0.3 is 9.74 Å². The standard InChI is InChI=1S/C24H29FN2O2SSi/c1-14-7-9-16(29-31(5,6)24(2,3)4)12-17(14)15-8-10-20-21(11-15)30-23(26-20)27-22(28)18-13-19(18)25/h7-12,18-19H,13H2,1-6H3,(H,26,27,28). The van der Waals surface area contributed by atoms with Crippen molar-refractivity contribution in [3.8, 4) is 16.9 Å². The number of benzene rings is 2. The predicted octanol–water partition coefficient (Wildman–Crippen LogP) is 6.95. The lowest BCUT2D eigenvalue weighted by Crippen LogP contribution is -2.43. The summed E-state index contributed by atoms with van der Waals surface area (Å²) in [5.41, 5.74) is 4.19. The molecule has 164 valence electrons. The summed E-state index contributed by atoms with van der Waals surface area (Å²) >= 11 is 1.41. The number of anilines is 1. The van der Waals surface area contributed by atoms with Gasteiger partial charge in [0, 0.05) is 0 Å². The van der Waals surface area contributed by atoms with Gasteiger partial charge in [0.25, 0.3) is 0 Å². The number of nitrogens with zero attached hydrogens (tertiary/aromatic N) is 1. The molecule has 1 heterocycles. The normalized spacial score (nSPS) is 18.8. The van der Waals surface area contributed by atoms with E-state index in [-0.39, 0.29) is 10.9 Å². The zero-order valence-corrected chi connectivity index (χ0v) is 20.7. The van der Waals surface area contributed by atoms with Crippen molar-refractivity contribution in [2.24, 2.45) is 5.92 Å². The number of rotatable bonds is 5. The zero-order chi connectivity index (χ0) is 22.6. The molecule has 3 aromatic rings. The first-order valence-corrected chi connectivity index (χ1v) is 14.3. The lowest BCUT2D eigenvalue weighted by Gasteiger charge is -2.36. The molecule has 0 bridgehead atoms. The average Bonchev–Trinajstić information content (AvgIpc) is 3.27. The van der Waals surface area contributed by atoms with Crippen LogP contribution in [0.2, 0.25) is 18.1 Å². The molecule has 4 nitrogen and oxygen atoms in total. The Kier molecular flexibility index (Phi) is 5.46. The average molecular weight is 457 g/mol. The van der Waals surface area contributed by atoms with Crippen LogP contribution in [-0.2, 0) is 4.79 Å². The fourth-order valence-electron chi connectivity index (χ4n) is 3.20. The molecule has 2 aromatic carbocycles. The lowest BCUT2D eigenvalue weighted by molar-refractivity contribution is -0.117. The third-order valence-corrected chi connectivity index (χ3v) is 11.7. The molecule has 0 radical (unpaired) electrons. The molecule has 1 saturated carbocycles. The predicted molar refractivity (Wildman–Crippen MR) is 129 cm³/mol. The van der Waals surface area contributed by atoms with E-state index in [4.69, 9.17) is 4.43 Å². The van der Waals surface area contributed by atoms with Crippen LogP contribution in [0.3, 0.4) is 0 Å². The van der Waals surface area contributed by atoms with Crippen LogP contribution in [0, 0.1) is 12.8 Å². The minimum Gasteiger partial charge on any atom is -0.543 e. The number of carbonyl (C=O) groups is 1. The second-order valence-electron chi connectivity index (χ2n) is 9.89. The number of fused-ring (bicyclic) bond motifs is 1. The van der Waals surface area contributed by atoms with Crippen LogP contribution in [0.1, 0.15) is 32.8 Å². The van der Waals surface area contributed by atoms with E-state index in [9.17, 15) is 9.18 Å². The first-order valence-electron chi connectivity index (χ1n) is 10.6. The van der Waals surface area contributed by atoms with Gasteiger partial charge in [0.15, 0.2) is 5.13 Å². The van der Waals surface area contributed by atoms with Crippen molar-refractivity contribution in [2.75, 3.05) is 5.32 Å². The molecule has 1 fully saturated rings. The van der Waals surface area contributed by atoms with Crippen molar-refractivity contribution >= 4 is 40.9 Å². The van der Waals surface area contributed by atoms with E-state index in [1.165, 1.54) is 16.9 Å². The molecule has 1 N–H and O–H groups in total. The quantitative estimate of drug-likeness (QED) is 0.423. The van der Waals surface area contributed by atoms with E-state index >= 15 is 0 Å². The SMILES string of the molecule is Cc1ccc(O[Si](C)(C)C(C)(C)C)cc1-c1ccc2nc(NC(=O)C3CC3F)sc2c1. The maximum absolute atomic E-state index is 13.1. The first-order chi connectivity index (χ1) is 14.4. The molecule has 4 rings (SSSR count). The molecule has 2 unspecified atom stereocenters. The van der Waals surface area contributed by atoms with E-state index in [1.54, 1.807) is 0 Å². The molecular weight excluding hydrogens is 427 g/mol. The van der Waals surface area contributed by atoms with Crippen LogP contribution < -0.4 is 9.74 Å². The largest absolute Gasteiger partial charge is 0.543 e. The van der Waals surface area contributed by atoms with Crippen LogP contribution in [0.25, 0.3) is 21.3 Å². The molecule has 1 aromatic heterocycles. The van der Waals surface area contributed by atoms with Crippen LogP contribution >= 0.6 is 11.3 Å². The van der Waals surface area contributed by atoms with Crippen LogP contribution in [0.4, 0.5) is 9.52 Å². The van der Waals surface area contributed by atoms with E-state index in [0.717, 1.165) is 27.1 Å². The highest BCUT2D eigenvalue weighted by molar-refractivity contribution is 7.22. The monoisotopic (exact) mass is 456 g/mol. The van der Waals surface area contributed by atoms with Gasteiger partial charge in [0.2, 0.25) is 14.2 Å². The second kappa shape index (κ2) is 7.71. The molecule has 2 atom stereocenters. The Bertz CT molecular complexity index is 1150. The van der Waals surface area contributed by atoms with Gasteiger partial charge in [0.1, 0.15) is 11.9 Å². The fourth-order valence-corrected chi connectivity index (χ4v) is 5.13. The van der Waals surface area contributed by atoms with Crippen molar-refractivity contribution < 1.29 is 13.6 Å². The summed E-state index contributed by atoms with van der Waals surface area (Å²) < 4.78 is 20.6. The summed E-state index contributed by atoms with van der Waals surface area (Å²) in [6, 6.07) is 12.4. The number of halogens is 1. The number of nitrogens with one attached hydrogen (secondary N) is 1. The molecule has 31 heavy (non-hydrogen) atoms. The molecule has 0 aliphatic heterocycles. The van der Waals surface area contributed by atoms with Crippen molar-refractivity contribution in [3.05, 3.63) is 42.0 Å². The van der Waals surface area contributed by atoms with Crippen LogP contribution in [0.15, 0.2) is 36.4 Å². The minimum absolute atomic E-state index is 0.128. The van der Waals surface area contributed by atoms with Crippen LogP contribution in [0.5, 0.6) is 5.75 Å². The maximum Gasteiger partial charge on any atom is 0.250 e. The summed E-state index contributed by atoms with van der Waals surface area (Å²) in [4.78, 5) is 16.5. The molecule has 1 aliphatic rings. The maximum atomic E-state index is 13.1. The topological polar surface area (TPSA) is 51.2 Å². The number of aryl methyl sites for hydroxylation is 1. The smallest absolute Gasteiger partial charge is 0.250 e. The van der Waals surface area contributed by atoms with Gasteiger partial charge in [-0.1, -0.05) is 44.2 Å². The number of aromatic nitrogens is 1. The first kappa shape index (κ1) is 22.0. The van der Waals surface area contributed by atoms with Gasteiger partial charge in [0.05, 0.1) is 16.1 Å². The van der Waals surface area contributed by atoms with Crippen molar-refractivity contribution in [2.45, 2.75) is 58.4 Å². The third kappa shape index (κ3) is 4.53. The summed E-state index contributed by atoms with van der Waals surface area (Å²) in [5.74, 6) is 0.0988. The molecule has 0 saturated heterocycles. The van der Waals surface area contributed by atoms with Crippen LogP contribution in [-0.4, -0.2) is 25.4 Å². The van der Waals surface area contributed by atoms with Crippen molar-refractivity contribution in [1.82, 2.24) is 4.98 Å². The molecule has 7 heteroatoms. The van der Waals surface area contributed by atoms with E-state index in [2.05, 4.69) is 69.3 Å². The highest BCUT2D eigenvalue weighted by Crippen LogP contribution is 2.39. The Hall–Kier alpha value is -2.25. The number of amides is 1. The molecule has 1 amide bonds. The highest BCUT2D eigenvalue weighted by atomic mass is 32.1. The Morgan fingerprint density at radius 1 is 1.23 bits per heavy atom. The number of hydrogen-bond acceptors (Lipinski definition) is 4. The van der Waals surface area contributed by atoms with Gasteiger partial charge >= 0.3 is 0 Å². The molecule has 0 spiro atoms. The Morgan fingerprint density at radius 3 is 2.58 bits per heavy atom. The number of carbonyl (C=O) groups excluding carboxylic acids is 1. The van der Waals surface area contributed by atoms with Gasteiger partial charge in [-0.3, -0.25) is 4.79 Å². The summed E-state index contributed by atoms with van der Waals surface area (Å²) in [5, 5.41) is 3.40. The Labute approximate surface area is 188 Å². The fraction of sp³-hybridized carbons (Fsp3) is 0.417. The van der Waals surface area contributed by atoms with Crippen molar-refractivity contribution in [3.63, 3.8) is 0 Å². The highest BCUT2D eigenvalue weighted by Gasteiger charge is 2.44. The van der Waals surface area contributed by atoms with Crippen molar-refractivity contribution in [1.29, 1.82) is 0 Å². The van der Waals surface area contributed by atoms with Gasteiger partial charge in [-0.2, -0.15) is 0 Å². The summed E-state index contributed by atoms with van der Waals surface area (Å²) in [7, 11) is -1.93. The van der Waals surface area contributed by atoms with Gasteiger partial charge in [-0.05, 0) is 72.4 Å². The van der Waals surface area contributed by atoms with E-state index < -0.39 is 20.4 Å². The van der Waals surface area contributed by atoms with Gasteiger partial charge in [-0.25, -0.2) is 9.37 Å². The van der Waals surface area contributed by atoms with Gasteiger partial charge in [-0.15, -0.1) is 0 Å². The van der Waals surface area contributed by atoms with E-state index in [0.29, 0.717) is 11.6 Å². The van der Waals surface area contributed by atoms with E-state index in [1.807, 2.05) is 18.2 Å². The Morgan fingerprint density at radius 2 is 1.94 bits per heavy atom. The second-order valence-corrected chi connectivity index (χ2v) is 15.6. The summed E-state index contributed by atoms with van der Waals surface area (Å²) in [6.45, 7) is 13.3. The molecule has 1 aliphatic carbocycles.